The van der Waals surface area contributed by atoms with E-state index in [0.717, 1.165) is 30.5 Å². The Morgan fingerprint density at radius 2 is 2.24 bits per heavy atom. The van der Waals surface area contributed by atoms with Gasteiger partial charge in [-0.1, -0.05) is 6.07 Å². The third-order valence-electron chi connectivity index (χ3n) is 3.32. The van der Waals surface area contributed by atoms with Gasteiger partial charge in [-0.05, 0) is 43.9 Å². The topological polar surface area (TPSA) is 75.3 Å². The summed E-state index contributed by atoms with van der Waals surface area (Å²) in [7, 11) is 0. The molecule has 0 heterocycles. The number of benzene rings is 1. The fourth-order valence-corrected chi connectivity index (χ4v) is 2.28. The van der Waals surface area contributed by atoms with Crippen molar-refractivity contribution in [3.8, 4) is 0 Å². The maximum atomic E-state index is 10.9. The fourth-order valence-electron chi connectivity index (χ4n) is 2.28. The Morgan fingerprint density at radius 3 is 2.82 bits per heavy atom. The van der Waals surface area contributed by atoms with Crippen molar-refractivity contribution in [3.05, 3.63) is 29.3 Å². The first-order valence-corrected chi connectivity index (χ1v) is 5.92. The lowest BCUT2D eigenvalue weighted by atomic mass is 10.1. The highest BCUT2D eigenvalue weighted by Crippen LogP contribution is 2.24. The van der Waals surface area contributed by atoms with Crippen LogP contribution in [0, 0.1) is 6.92 Å². The van der Waals surface area contributed by atoms with Crippen LogP contribution in [0.3, 0.4) is 0 Å². The summed E-state index contributed by atoms with van der Waals surface area (Å²) in [6.45, 7) is 1.98. The number of aryl methyl sites for hydroxylation is 1. The summed E-state index contributed by atoms with van der Waals surface area (Å²) in [5.74, 6) is -0.892. The summed E-state index contributed by atoms with van der Waals surface area (Å²) in [5.41, 5.74) is 8.15. The lowest BCUT2D eigenvalue weighted by Gasteiger charge is -2.16. The van der Waals surface area contributed by atoms with Crippen molar-refractivity contribution in [1.82, 2.24) is 0 Å². The van der Waals surface area contributed by atoms with Gasteiger partial charge in [0, 0.05) is 17.8 Å². The van der Waals surface area contributed by atoms with E-state index in [0.29, 0.717) is 11.6 Å². The number of hydrogen-bond acceptors (Lipinski definition) is 3. The van der Waals surface area contributed by atoms with Crippen molar-refractivity contribution in [2.75, 3.05) is 5.32 Å². The Balaban J connectivity index is 2.14. The maximum absolute atomic E-state index is 10.9. The largest absolute Gasteiger partial charge is 0.478 e. The molecule has 4 N–H and O–H groups in total. The molecule has 92 valence electrons. The molecule has 1 aliphatic rings. The second-order valence-electron chi connectivity index (χ2n) is 4.75. The first-order chi connectivity index (χ1) is 8.06. The zero-order valence-electron chi connectivity index (χ0n) is 9.94. The number of carbonyl (C=O) groups is 1. The average molecular weight is 234 g/mol. The monoisotopic (exact) mass is 234 g/mol. The molecule has 0 saturated heterocycles. The minimum atomic E-state index is -0.892. The van der Waals surface area contributed by atoms with Gasteiger partial charge >= 0.3 is 5.97 Å². The highest BCUT2D eigenvalue weighted by molar-refractivity contribution is 5.89. The Kier molecular flexibility index (Phi) is 3.33. The number of hydrogen-bond donors (Lipinski definition) is 3. The van der Waals surface area contributed by atoms with E-state index in [1.54, 1.807) is 12.1 Å². The summed E-state index contributed by atoms with van der Waals surface area (Å²) in [5, 5.41) is 12.3. The van der Waals surface area contributed by atoms with Gasteiger partial charge in [-0.2, -0.15) is 0 Å². The molecule has 0 spiro atoms. The van der Waals surface area contributed by atoms with Gasteiger partial charge in [0.2, 0.25) is 0 Å². The van der Waals surface area contributed by atoms with E-state index < -0.39 is 5.97 Å². The molecule has 0 aromatic heterocycles. The maximum Gasteiger partial charge on any atom is 0.335 e. The Hall–Kier alpha value is -1.55. The van der Waals surface area contributed by atoms with Gasteiger partial charge < -0.3 is 16.2 Å². The van der Waals surface area contributed by atoms with Gasteiger partial charge in [0.1, 0.15) is 0 Å². The molecule has 2 atom stereocenters. The van der Waals surface area contributed by atoms with E-state index in [-0.39, 0.29) is 6.04 Å². The highest BCUT2D eigenvalue weighted by Gasteiger charge is 2.22. The summed E-state index contributed by atoms with van der Waals surface area (Å²) in [6, 6.07) is 5.80. The first-order valence-electron chi connectivity index (χ1n) is 5.92. The third kappa shape index (κ3) is 2.77. The van der Waals surface area contributed by atoms with Crippen molar-refractivity contribution >= 4 is 11.7 Å². The van der Waals surface area contributed by atoms with E-state index in [9.17, 15) is 4.79 Å². The molecule has 0 bridgehead atoms. The predicted octanol–water partition coefficient (Wildman–Crippen LogP) is 1.98. The lowest BCUT2D eigenvalue weighted by Crippen LogP contribution is -2.21. The van der Waals surface area contributed by atoms with E-state index in [1.807, 2.05) is 13.0 Å². The van der Waals surface area contributed by atoms with Gasteiger partial charge in [0.05, 0.1) is 5.56 Å². The van der Waals surface area contributed by atoms with Crippen LogP contribution in [0.1, 0.15) is 35.2 Å². The van der Waals surface area contributed by atoms with Crippen LogP contribution < -0.4 is 11.1 Å². The summed E-state index contributed by atoms with van der Waals surface area (Å²) in [6.07, 6.45) is 3.05. The van der Waals surface area contributed by atoms with Crippen LogP contribution in [0.4, 0.5) is 5.69 Å². The van der Waals surface area contributed by atoms with Gasteiger partial charge in [-0.15, -0.1) is 0 Å². The molecule has 1 saturated carbocycles. The molecule has 0 amide bonds. The molecule has 4 heteroatoms. The van der Waals surface area contributed by atoms with Crippen LogP contribution in [-0.2, 0) is 0 Å². The average Bonchev–Trinajstić information content (AvgIpc) is 2.67. The molecule has 2 rings (SSSR count). The standard InChI is InChI=1S/C13H18N2O2/c1-8-2-3-9(13(16)17)6-12(8)15-11-5-4-10(14)7-11/h2-3,6,10-11,15H,4-5,7,14H2,1H3,(H,16,17). The van der Waals surface area contributed by atoms with E-state index in [1.165, 1.54) is 0 Å². The first kappa shape index (κ1) is 11.9. The quantitative estimate of drug-likeness (QED) is 0.747. The van der Waals surface area contributed by atoms with Crippen LogP contribution in [0.2, 0.25) is 0 Å². The molecule has 1 fully saturated rings. The van der Waals surface area contributed by atoms with Crippen molar-refractivity contribution in [1.29, 1.82) is 0 Å². The normalized spacial score (nSPS) is 23.6. The van der Waals surface area contributed by atoms with Crippen molar-refractivity contribution in [2.45, 2.75) is 38.3 Å². The number of anilines is 1. The van der Waals surface area contributed by atoms with Crippen molar-refractivity contribution < 1.29 is 9.90 Å². The highest BCUT2D eigenvalue weighted by atomic mass is 16.4. The van der Waals surface area contributed by atoms with Gasteiger partial charge in [0.15, 0.2) is 0 Å². The number of rotatable bonds is 3. The molecule has 4 nitrogen and oxygen atoms in total. The number of carboxylic acid groups (broad SMARTS) is 1. The van der Waals surface area contributed by atoms with E-state index >= 15 is 0 Å². The van der Waals surface area contributed by atoms with Crippen molar-refractivity contribution in [2.24, 2.45) is 5.73 Å². The molecule has 0 radical (unpaired) electrons. The van der Waals surface area contributed by atoms with Crippen LogP contribution in [0.25, 0.3) is 0 Å². The number of nitrogens with one attached hydrogen (secondary N) is 1. The van der Waals surface area contributed by atoms with Crippen LogP contribution in [0.15, 0.2) is 18.2 Å². The van der Waals surface area contributed by atoms with Crippen LogP contribution in [0.5, 0.6) is 0 Å². The van der Waals surface area contributed by atoms with Gasteiger partial charge in [-0.25, -0.2) is 4.79 Å². The Labute approximate surface area is 101 Å². The SMILES string of the molecule is Cc1ccc(C(=O)O)cc1NC1CCC(N)C1. The summed E-state index contributed by atoms with van der Waals surface area (Å²) in [4.78, 5) is 10.9. The van der Waals surface area contributed by atoms with E-state index in [2.05, 4.69) is 5.32 Å². The molecule has 1 aliphatic carbocycles. The molecule has 2 unspecified atom stereocenters. The Bertz CT molecular complexity index is 431. The smallest absolute Gasteiger partial charge is 0.335 e. The minimum absolute atomic E-state index is 0.274. The fraction of sp³-hybridized carbons (Fsp3) is 0.462. The predicted molar refractivity (Wildman–Crippen MR) is 67.4 cm³/mol. The number of aromatic carboxylic acids is 1. The molecule has 0 aliphatic heterocycles. The second-order valence-corrected chi connectivity index (χ2v) is 4.75. The lowest BCUT2D eigenvalue weighted by molar-refractivity contribution is 0.0697. The number of carboxylic acids is 1. The Morgan fingerprint density at radius 1 is 1.47 bits per heavy atom. The van der Waals surface area contributed by atoms with Crippen molar-refractivity contribution in [3.63, 3.8) is 0 Å². The molecule has 1 aromatic carbocycles. The van der Waals surface area contributed by atoms with Gasteiger partial charge in [-0.3, -0.25) is 0 Å². The summed E-state index contributed by atoms with van der Waals surface area (Å²) < 4.78 is 0. The zero-order valence-corrected chi connectivity index (χ0v) is 9.94. The van der Waals surface area contributed by atoms with E-state index in [4.69, 9.17) is 10.8 Å². The van der Waals surface area contributed by atoms with Crippen LogP contribution >= 0.6 is 0 Å². The molecule has 1 aromatic rings. The minimum Gasteiger partial charge on any atom is -0.478 e. The second kappa shape index (κ2) is 4.75. The van der Waals surface area contributed by atoms with Crippen LogP contribution in [-0.4, -0.2) is 23.2 Å². The molecular weight excluding hydrogens is 216 g/mol. The zero-order chi connectivity index (χ0) is 12.4. The summed E-state index contributed by atoms with van der Waals surface area (Å²) >= 11 is 0. The third-order valence-corrected chi connectivity index (χ3v) is 3.32. The number of nitrogens with two attached hydrogens (primary N) is 1. The van der Waals surface area contributed by atoms with Gasteiger partial charge in [0.25, 0.3) is 0 Å². The molecular formula is C13H18N2O2. The molecule has 17 heavy (non-hydrogen) atoms.